The second-order valence-electron chi connectivity index (χ2n) is 9.60. The zero-order chi connectivity index (χ0) is 32.3. The molecule has 3 aromatic rings. The zero-order valence-corrected chi connectivity index (χ0v) is 25.5. The van der Waals surface area contributed by atoms with Gasteiger partial charge < -0.3 is 15.4 Å². The van der Waals surface area contributed by atoms with Crippen molar-refractivity contribution in [3.63, 3.8) is 0 Å². The van der Waals surface area contributed by atoms with E-state index in [1.165, 1.54) is 35.7 Å². The number of methoxy groups -OCH3 is 1. The average Bonchev–Trinajstić information content (AvgIpc) is 3.45. The van der Waals surface area contributed by atoms with Gasteiger partial charge in [-0.3, -0.25) is 15.0 Å². The third kappa shape index (κ3) is 7.15. The number of hydrazine groups is 1. The van der Waals surface area contributed by atoms with Gasteiger partial charge in [0.2, 0.25) is 0 Å². The maximum absolute atomic E-state index is 13.6. The highest BCUT2D eigenvalue weighted by Crippen LogP contribution is 2.34. The lowest BCUT2D eigenvalue weighted by Crippen LogP contribution is -2.42. The molecular formula is C26H28F3N5O7S3. The molecule has 1 aromatic heterocycles. The molecule has 5 N–H and O–H groups in total. The molecule has 2 aromatic carbocycles. The minimum absolute atomic E-state index is 0.00400. The van der Waals surface area contributed by atoms with Gasteiger partial charge in [0.25, 0.3) is 31.7 Å². The van der Waals surface area contributed by atoms with Crippen molar-refractivity contribution in [1.82, 2.24) is 15.0 Å². The van der Waals surface area contributed by atoms with Crippen LogP contribution in [0.15, 0.2) is 63.7 Å². The number of ether oxygens (including phenoxy) is 1. The van der Waals surface area contributed by atoms with Crippen molar-refractivity contribution >= 4 is 48.7 Å². The maximum Gasteiger partial charge on any atom is 0.501 e. The number of amides is 2. The SMILES string of the molecule is COc1cccc(C(=O)NCc2cc(C(=O)NN)c(S(=O)(=O)N3CCC(Nc4cccc(S(=O)(=O)C(F)(F)F)c4)CC3)s2)c1. The molecule has 18 heteroatoms. The molecule has 1 aliphatic rings. The van der Waals surface area contributed by atoms with Gasteiger partial charge in [-0.1, -0.05) is 12.1 Å². The molecule has 12 nitrogen and oxygen atoms in total. The van der Waals surface area contributed by atoms with Crippen LogP contribution in [0.3, 0.4) is 0 Å². The Balaban J connectivity index is 1.45. The third-order valence-electron chi connectivity index (χ3n) is 6.73. The van der Waals surface area contributed by atoms with Gasteiger partial charge >= 0.3 is 5.51 Å². The Bertz CT molecular complexity index is 1750. The van der Waals surface area contributed by atoms with Crippen LogP contribution in [0.5, 0.6) is 5.75 Å². The van der Waals surface area contributed by atoms with Crippen LogP contribution in [0.4, 0.5) is 18.9 Å². The first kappa shape index (κ1) is 33.2. The van der Waals surface area contributed by atoms with E-state index in [1.807, 2.05) is 5.43 Å². The number of carbonyl (C=O) groups excluding carboxylic acids is 2. The summed E-state index contributed by atoms with van der Waals surface area (Å²) < 4.78 is 95.6. The van der Waals surface area contributed by atoms with E-state index in [-0.39, 0.29) is 54.0 Å². The highest BCUT2D eigenvalue weighted by Gasteiger charge is 2.47. The number of halogens is 3. The Morgan fingerprint density at radius 3 is 2.34 bits per heavy atom. The van der Waals surface area contributed by atoms with E-state index in [2.05, 4.69) is 10.6 Å². The number of carbonyl (C=O) groups is 2. The van der Waals surface area contributed by atoms with Crippen molar-refractivity contribution in [2.45, 2.75) is 40.0 Å². The van der Waals surface area contributed by atoms with Crippen molar-refractivity contribution in [3.05, 3.63) is 70.6 Å². The molecule has 0 atom stereocenters. The molecule has 1 fully saturated rings. The molecule has 1 aliphatic heterocycles. The monoisotopic (exact) mass is 675 g/mol. The number of nitrogens with one attached hydrogen (secondary N) is 3. The van der Waals surface area contributed by atoms with Gasteiger partial charge in [-0.15, -0.1) is 11.3 Å². The van der Waals surface area contributed by atoms with Crippen molar-refractivity contribution in [1.29, 1.82) is 0 Å². The predicted molar refractivity (Wildman–Crippen MR) is 155 cm³/mol. The van der Waals surface area contributed by atoms with Crippen LogP contribution < -0.4 is 26.6 Å². The van der Waals surface area contributed by atoms with Gasteiger partial charge in [0, 0.05) is 35.3 Å². The van der Waals surface area contributed by atoms with Crippen LogP contribution in [-0.4, -0.2) is 64.7 Å². The van der Waals surface area contributed by atoms with E-state index in [9.17, 15) is 39.6 Å². The van der Waals surface area contributed by atoms with E-state index in [0.29, 0.717) is 16.2 Å². The first-order chi connectivity index (χ1) is 20.7. The Hall–Kier alpha value is -3.71. The molecule has 0 aliphatic carbocycles. The van der Waals surface area contributed by atoms with Crippen molar-refractivity contribution in [2.24, 2.45) is 5.84 Å². The molecule has 238 valence electrons. The Kier molecular flexibility index (Phi) is 9.89. The zero-order valence-electron chi connectivity index (χ0n) is 23.0. The Labute approximate surface area is 255 Å². The van der Waals surface area contributed by atoms with Gasteiger partial charge in [-0.25, -0.2) is 22.7 Å². The van der Waals surface area contributed by atoms with Crippen molar-refractivity contribution < 1.29 is 44.3 Å². The first-order valence-corrected chi connectivity index (χ1v) is 16.7. The molecule has 1 saturated heterocycles. The second-order valence-corrected chi connectivity index (χ2v) is 14.8. The number of piperidine rings is 1. The second kappa shape index (κ2) is 13.1. The molecule has 4 rings (SSSR count). The number of anilines is 1. The highest BCUT2D eigenvalue weighted by atomic mass is 32.2. The van der Waals surface area contributed by atoms with Crippen LogP contribution in [0.2, 0.25) is 0 Å². The van der Waals surface area contributed by atoms with Gasteiger partial charge in [0.05, 0.1) is 24.1 Å². The van der Waals surface area contributed by atoms with E-state index < -0.39 is 42.1 Å². The minimum Gasteiger partial charge on any atom is -0.497 e. The molecule has 44 heavy (non-hydrogen) atoms. The number of hydrogen-bond acceptors (Lipinski definition) is 10. The third-order valence-corrected chi connectivity index (χ3v) is 11.8. The fraction of sp³-hybridized carbons (Fsp3) is 0.308. The van der Waals surface area contributed by atoms with Gasteiger partial charge in [-0.2, -0.15) is 17.5 Å². The molecule has 0 unspecified atom stereocenters. The largest absolute Gasteiger partial charge is 0.501 e. The fourth-order valence-electron chi connectivity index (χ4n) is 4.45. The number of sulfone groups is 1. The first-order valence-electron chi connectivity index (χ1n) is 12.9. The lowest BCUT2D eigenvalue weighted by atomic mass is 10.1. The fourth-order valence-corrected chi connectivity index (χ4v) is 8.49. The van der Waals surface area contributed by atoms with Gasteiger partial charge in [-0.05, 0) is 55.3 Å². The number of alkyl halides is 3. The molecule has 0 spiro atoms. The van der Waals surface area contributed by atoms with E-state index >= 15 is 0 Å². The summed E-state index contributed by atoms with van der Waals surface area (Å²) in [5.74, 6) is 4.49. The quantitative estimate of drug-likeness (QED) is 0.143. The molecular weight excluding hydrogens is 648 g/mol. The van der Waals surface area contributed by atoms with Gasteiger partial charge in [0.1, 0.15) is 9.96 Å². The lowest BCUT2D eigenvalue weighted by Gasteiger charge is -2.32. The van der Waals surface area contributed by atoms with E-state index in [0.717, 1.165) is 23.5 Å². The van der Waals surface area contributed by atoms with Crippen LogP contribution in [0.1, 0.15) is 38.4 Å². The number of rotatable bonds is 10. The summed E-state index contributed by atoms with van der Waals surface area (Å²) in [5, 5.41) is 5.65. The molecule has 2 heterocycles. The van der Waals surface area contributed by atoms with E-state index in [1.54, 1.807) is 18.2 Å². The topological polar surface area (TPSA) is 177 Å². The van der Waals surface area contributed by atoms with Crippen LogP contribution in [0, 0.1) is 0 Å². The number of sulfonamides is 1. The summed E-state index contributed by atoms with van der Waals surface area (Å²) in [6, 6.07) is 11.7. The van der Waals surface area contributed by atoms with Crippen molar-refractivity contribution in [3.8, 4) is 5.75 Å². The minimum atomic E-state index is -5.53. The summed E-state index contributed by atoms with van der Waals surface area (Å²) in [4.78, 5) is 24.6. The smallest absolute Gasteiger partial charge is 0.497 e. The maximum atomic E-state index is 13.6. The highest BCUT2D eigenvalue weighted by molar-refractivity contribution is 7.92. The number of nitrogens with two attached hydrogens (primary N) is 1. The Morgan fingerprint density at radius 2 is 1.70 bits per heavy atom. The number of nitrogen functional groups attached to an aromatic ring is 1. The van der Waals surface area contributed by atoms with Crippen molar-refractivity contribution in [2.75, 3.05) is 25.5 Å². The summed E-state index contributed by atoms with van der Waals surface area (Å²) in [6.45, 7) is -0.0652. The number of nitrogens with zero attached hydrogens (tertiary/aromatic N) is 1. The number of hydrogen-bond donors (Lipinski definition) is 4. The standard InChI is InChI=1S/C26H28F3N5O7S3/c1-41-19-6-2-4-16(12-19)23(35)31-15-20-14-22(24(36)33-30)25(42-20)44(39,40)34-10-8-17(9-11-34)32-18-5-3-7-21(13-18)43(37,38)26(27,28)29/h2-7,12-14,17,32H,8-11,15,30H2,1H3,(H,31,35)(H,33,36). The average molecular weight is 676 g/mol. The normalized spacial score (nSPS) is 15.0. The number of thiophene rings is 1. The Morgan fingerprint density at radius 1 is 1.02 bits per heavy atom. The molecule has 2 amide bonds. The summed E-state index contributed by atoms with van der Waals surface area (Å²) in [7, 11) is -8.26. The van der Waals surface area contributed by atoms with E-state index in [4.69, 9.17) is 10.6 Å². The molecule has 0 saturated carbocycles. The molecule has 0 radical (unpaired) electrons. The summed E-state index contributed by atoms with van der Waals surface area (Å²) in [5.41, 5.74) is -3.25. The van der Waals surface area contributed by atoms with Gasteiger partial charge in [0.15, 0.2) is 0 Å². The van der Waals surface area contributed by atoms with Crippen LogP contribution in [0.25, 0.3) is 0 Å². The number of benzene rings is 2. The lowest BCUT2D eigenvalue weighted by molar-refractivity contribution is -0.0436. The van der Waals surface area contributed by atoms with Crippen LogP contribution in [-0.2, 0) is 26.4 Å². The summed E-state index contributed by atoms with van der Waals surface area (Å²) in [6.07, 6.45) is 0.478. The molecule has 0 bridgehead atoms. The predicted octanol–water partition coefficient (Wildman–Crippen LogP) is 2.85. The van der Waals surface area contributed by atoms with Crippen LogP contribution >= 0.6 is 11.3 Å². The summed E-state index contributed by atoms with van der Waals surface area (Å²) >= 11 is 0.808.